The number of fused-ring (bicyclic) bond motifs is 2. The van der Waals surface area contributed by atoms with Gasteiger partial charge in [0.2, 0.25) is 0 Å². The summed E-state index contributed by atoms with van der Waals surface area (Å²) in [5.41, 5.74) is 0. The number of benzene rings is 2. The van der Waals surface area contributed by atoms with E-state index in [9.17, 15) is 0 Å². The Morgan fingerprint density at radius 2 is 1.04 bits per heavy atom. The van der Waals surface area contributed by atoms with E-state index in [1.807, 2.05) is 36.4 Å². The molecule has 0 radical (unpaired) electrons. The van der Waals surface area contributed by atoms with Crippen molar-refractivity contribution < 1.29 is 56.0 Å². The molecule has 5 heteroatoms. The molecule has 0 heterocycles. The molecule has 2 nitrogen and oxygen atoms in total. The summed E-state index contributed by atoms with van der Waals surface area (Å²) in [6.07, 6.45) is 0. The summed E-state index contributed by atoms with van der Waals surface area (Å²) in [5, 5.41) is 5.02. The molecule has 0 N–H and O–H groups in total. The van der Waals surface area contributed by atoms with Crippen LogP contribution in [0.1, 0.15) is 0 Å². The second-order valence-electron chi connectivity index (χ2n) is 5.04. The summed E-state index contributed by atoms with van der Waals surface area (Å²) in [5.74, 6) is 1.84. The van der Waals surface area contributed by atoms with Crippen LogP contribution in [0.25, 0.3) is 21.5 Å². The Labute approximate surface area is 175 Å². The molecule has 0 aliphatic carbocycles. The number of hydrogen-bond acceptors (Lipinski definition) is 2. The third-order valence-corrected chi connectivity index (χ3v) is 3.69. The van der Waals surface area contributed by atoms with Gasteiger partial charge in [-0.25, -0.2) is 0 Å². The molecule has 0 unspecified atom stereocenters. The van der Waals surface area contributed by atoms with Gasteiger partial charge >= 0.3 is 21.7 Å². The number of halogens is 2. The van der Waals surface area contributed by atoms with E-state index >= 15 is 0 Å². The maximum absolute atomic E-state index is 5.09. The van der Waals surface area contributed by atoms with Gasteiger partial charge in [-0.05, 0) is 0 Å². The van der Waals surface area contributed by atoms with Crippen LogP contribution in [0.15, 0.2) is 72.8 Å². The molecule has 0 aliphatic heterocycles. The maximum Gasteiger partial charge on any atom is 4.00 e. The fourth-order valence-corrected chi connectivity index (χ4v) is 2.46. The van der Waals surface area contributed by atoms with Crippen molar-refractivity contribution >= 4 is 21.5 Å². The molecule has 0 fully saturated rings. The molecule has 25 heavy (non-hydrogen) atoms. The Morgan fingerprint density at radius 3 is 1.40 bits per heavy atom. The maximum atomic E-state index is 5.09. The second-order valence-corrected chi connectivity index (χ2v) is 5.04. The first kappa shape index (κ1) is 23.6. The molecule has 0 aliphatic rings. The molecule has 0 bridgehead atoms. The van der Waals surface area contributed by atoms with Crippen LogP contribution in [-0.4, -0.2) is 14.2 Å². The number of rotatable bonds is 2. The predicted molar refractivity (Wildman–Crippen MR) is 92.2 cm³/mol. The predicted octanol–water partition coefficient (Wildman–Crippen LogP) is -0.860. The van der Waals surface area contributed by atoms with Gasteiger partial charge in [-0.1, -0.05) is 24.3 Å². The van der Waals surface area contributed by atoms with Gasteiger partial charge in [0.25, 0.3) is 0 Å². The minimum Gasteiger partial charge on any atom is -1.00 e. The third-order valence-electron chi connectivity index (χ3n) is 3.69. The minimum atomic E-state index is 0. The topological polar surface area (TPSA) is 18.5 Å². The van der Waals surface area contributed by atoms with E-state index < -0.39 is 0 Å². The smallest absolute Gasteiger partial charge is 1.00 e. The van der Waals surface area contributed by atoms with Gasteiger partial charge in [0, 0.05) is 0 Å². The molecule has 4 aromatic rings. The molecule has 0 spiro atoms. The van der Waals surface area contributed by atoms with E-state index in [4.69, 9.17) is 9.47 Å². The third kappa shape index (κ3) is 5.79. The summed E-state index contributed by atoms with van der Waals surface area (Å²) in [6.45, 7) is 0. The van der Waals surface area contributed by atoms with Gasteiger partial charge in [-0.3, -0.25) is 0 Å². The monoisotopic (exact) mass is 408 g/mol. The van der Waals surface area contributed by atoms with Crippen molar-refractivity contribution in [2.75, 3.05) is 14.2 Å². The van der Waals surface area contributed by atoms with Crippen molar-refractivity contribution in [1.29, 1.82) is 0 Å². The Balaban J connectivity index is 0.000000411. The van der Waals surface area contributed by atoms with E-state index in [1.165, 1.54) is 21.5 Å². The number of ether oxygens (including phenoxy) is 2. The largest absolute Gasteiger partial charge is 4.00 e. The zero-order valence-corrected chi connectivity index (χ0v) is 17.1. The van der Waals surface area contributed by atoms with Crippen molar-refractivity contribution in [3.8, 4) is 11.5 Å². The number of hydrogen-bond donors (Lipinski definition) is 0. The Bertz CT molecular complexity index is 809. The molecule has 0 saturated heterocycles. The van der Waals surface area contributed by atoms with Crippen molar-refractivity contribution in [2.45, 2.75) is 0 Å². The van der Waals surface area contributed by atoms with Crippen LogP contribution in [0.5, 0.6) is 11.5 Å². The first-order chi connectivity index (χ1) is 10.8. The van der Waals surface area contributed by atoms with E-state index in [0.717, 1.165) is 11.5 Å². The second kappa shape index (κ2) is 11.2. The molecule has 4 aromatic carbocycles. The summed E-state index contributed by atoms with van der Waals surface area (Å²) in [4.78, 5) is 0. The van der Waals surface area contributed by atoms with Gasteiger partial charge in [-0.15, -0.1) is 45.8 Å². The van der Waals surface area contributed by atoms with Gasteiger partial charge in [0.05, 0.1) is 25.7 Å². The zero-order valence-electron chi connectivity index (χ0n) is 14.0. The van der Waals surface area contributed by atoms with Gasteiger partial charge in [0.15, 0.2) is 0 Å². The summed E-state index contributed by atoms with van der Waals surface area (Å²) in [7, 11) is 3.37. The summed E-state index contributed by atoms with van der Waals surface area (Å²) in [6, 6.07) is 24.6. The van der Waals surface area contributed by atoms with Crippen molar-refractivity contribution in [3.63, 3.8) is 0 Å². The molecule has 0 saturated carbocycles. The van der Waals surface area contributed by atoms with E-state index in [2.05, 4.69) is 36.4 Å². The summed E-state index contributed by atoms with van der Waals surface area (Å²) < 4.78 is 10.2. The molecule has 0 amide bonds. The van der Waals surface area contributed by atoms with Gasteiger partial charge < -0.3 is 34.3 Å². The van der Waals surface area contributed by atoms with E-state index in [0.29, 0.717) is 0 Å². The van der Waals surface area contributed by atoms with Crippen molar-refractivity contribution in [1.82, 2.24) is 0 Å². The average molecular weight is 409 g/mol. The Morgan fingerprint density at radius 1 is 0.640 bits per heavy atom. The average Bonchev–Trinajstić information content (AvgIpc) is 3.22. The van der Waals surface area contributed by atoms with E-state index in [1.54, 1.807) is 14.2 Å². The quantitative estimate of drug-likeness (QED) is 0.317. The van der Waals surface area contributed by atoms with Crippen LogP contribution in [0, 0.1) is 0 Å². The SMILES string of the molecule is COc1ccc2[cH-]ccc2c1.COc1ccc2[cH-]ccc2c1.[Cl-].[Cl-].[Ti+4]. The fourth-order valence-electron chi connectivity index (χ4n) is 2.46. The standard InChI is InChI=1S/2C10H9O.2ClH.Ti/c2*1-11-10-6-5-8-3-2-4-9(8)7-10;;;/h2*2-7H,1H3;2*1H;/q2*-1;;;+4/p-2. The van der Waals surface area contributed by atoms with E-state index in [-0.39, 0.29) is 46.5 Å². The molecular formula is C20H18Cl2O2Ti. The van der Waals surface area contributed by atoms with Crippen LogP contribution < -0.4 is 34.3 Å². The molecule has 4 rings (SSSR count). The molecule has 0 atom stereocenters. The van der Waals surface area contributed by atoms with Crippen LogP contribution in [0.2, 0.25) is 0 Å². The minimum absolute atomic E-state index is 0. The normalized spacial score (nSPS) is 9.04. The molecule has 128 valence electrons. The van der Waals surface area contributed by atoms with Crippen LogP contribution in [0.3, 0.4) is 0 Å². The van der Waals surface area contributed by atoms with Crippen molar-refractivity contribution in [3.05, 3.63) is 72.8 Å². The Hall–Kier alpha value is -1.45. The van der Waals surface area contributed by atoms with Gasteiger partial charge in [-0.2, -0.15) is 24.3 Å². The van der Waals surface area contributed by atoms with Crippen LogP contribution in [0.4, 0.5) is 0 Å². The fraction of sp³-hybridized carbons (Fsp3) is 0.100. The van der Waals surface area contributed by atoms with Gasteiger partial charge in [0.1, 0.15) is 0 Å². The zero-order chi connectivity index (χ0) is 15.4. The van der Waals surface area contributed by atoms with Crippen LogP contribution >= 0.6 is 0 Å². The molecular weight excluding hydrogens is 391 g/mol. The molecule has 0 aromatic heterocycles. The Kier molecular flexibility index (Phi) is 10.6. The number of methoxy groups -OCH3 is 2. The first-order valence-electron chi connectivity index (χ1n) is 7.19. The summed E-state index contributed by atoms with van der Waals surface area (Å²) >= 11 is 0. The first-order valence-corrected chi connectivity index (χ1v) is 7.19. The van der Waals surface area contributed by atoms with Crippen LogP contribution in [-0.2, 0) is 21.7 Å². The van der Waals surface area contributed by atoms with Crippen molar-refractivity contribution in [2.24, 2.45) is 0 Å².